The molecular formula is C21H16Cl2N2O2. The molecule has 0 spiro atoms. The molecule has 136 valence electrons. The van der Waals surface area contributed by atoms with Crippen LogP contribution in [-0.2, 0) is 6.61 Å². The summed E-state index contributed by atoms with van der Waals surface area (Å²) in [6.45, 7) is 0.392. The Morgan fingerprint density at radius 2 is 1.78 bits per heavy atom. The molecule has 1 N–H and O–H groups in total. The molecule has 4 nitrogen and oxygen atoms in total. The lowest BCUT2D eigenvalue weighted by Crippen LogP contribution is -2.17. The number of nitrogens with zero attached hydrogens (tertiary/aromatic N) is 1. The van der Waals surface area contributed by atoms with E-state index in [1.165, 1.54) is 0 Å². The fourth-order valence-corrected chi connectivity index (χ4v) is 2.67. The number of ether oxygens (including phenoxy) is 1. The number of hydrogen-bond acceptors (Lipinski definition) is 3. The predicted octanol–water partition coefficient (Wildman–Crippen LogP) is 5.34. The summed E-state index contributed by atoms with van der Waals surface area (Å²) in [7, 11) is 0. The maximum absolute atomic E-state index is 12.0. The lowest BCUT2D eigenvalue weighted by Gasteiger charge is -2.07. The second kappa shape index (κ2) is 9.21. The first-order valence-corrected chi connectivity index (χ1v) is 8.92. The minimum absolute atomic E-state index is 0.326. The second-order valence-corrected chi connectivity index (χ2v) is 6.50. The first kappa shape index (κ1) is 19.0. The highest BCUT2D eigenvalue weighted by atomic mass is 35.5. The van der Waals surface area contributed by atoms with Crippen molar-refractivity contribution in [1.29, 1.82) is 0 Å². The minimum atomic E-state index is -0.326. The standard InChI is InChI=1S/C21H16Cl2N2O2/c22-18-6-3-5-16(12-18)21(26)25-24-13-15-8-10-19(11-9-15)27-14-17-4-1-2-7-20(17)23/h1-13H,14H2,(H,25,26)/b24-13-. The monoisotopic (exact) mass is 398 g/mol. The molecule has 0 aliphatic rings. The van der Waals surface area contributed by atoms with Crippen molar-refractivity contribution in [2.75, 3.05) is 0 Å². The Morgan fingerprint density at radius 1 is 1.00 bits per heavy atom. The summed E-state index contributed by atoms with van der Waals surface area (Å²) in [5.74, 6) is 0.392. The number of carbonyl (C=O) groups is 1. The maximum atomic E-state index is 12.0. The first-order valence-electron chi connectivity index (χ1n) is 8.17. The van der Waals surface area contributed by atoms with Crippen molar-refractivity contribution in [3.05, 3.63) is 99.5 Å². The molecule has 0 aliphatic heterocycles. The topological polar surface area (TPSA) is 50.7 Å². The lowest BCUT2D eigenvalue weighted by molar-refractivity contribution is 0.0955. The Hall–Kier alpha value is -2.82. The van der Waals surface area contributed by atoms with Gasteiger partial charge in [-0.3, -0.25) is 4.79 Å². The highest BCUT2D eigenvalue weighted by Crippen LogP contribution is 2.18. The van der Waals surface area contributed by atoms with Gasteiger partial charge in [0.1, 0.15) is 12.4 Å². The number of nitrogens with one attached hydrogen (secondary N) is 1. The molecule has 1 amide bonds. The third kappa shape index (κ3) is 5.58. The van der Waals surface area contributed by atoms with Gasteiger partial charge in [0.15, 0.2) is 0 Å². The van der Waals surface area contributed by atoms with E-state index in [1.807, 2.05) is 48.5 Å². The SMILES string of the molecule is O=C(N/N=C\c1ccc(OCc2ccccc2Cl)cc1)c1cccc(Cl)c1. The Balaban J connectivity index is 1.53. The van der Waals surface area contributed by atoms with Gasteiger partial charge in [-0.1, -0.05) is 47.5 Å². The van der Waals surface area contributed by atoms with Crippen LogP contribution in [0.2, 0.25) is 10.0 Å². The van der Waals surface area contributed by atoms with Gasteiger partial charge < -0.3 is 4.74 Å². The zero-order valence-electron chi connectivity index (χ0n) is 14.2. The van der Waals surface area contributed by atoms with Crippen LogP contribution < -0.4 is 10.2 Å². The molecule has 3 aromatic carbocycles. The summed E-state index contributed by atoms with van der Waals surface area (Å²) in [4.78, 5) is 12.0. The van der Waals surface area contributed by atoms with E-state index in [9.17, 15) is 4.79 Å². The number of benzene rings is 3. The Labute approximate surface area is 167 Å². The fraction of sp³-hybridized carbons (Fsp3) is 0.0476. The molecule has 0 bridgehead atoms. The van der Waals surface area contributed by atoms with Crippen LogP contribution in [0.15, 0.2) is 77.9 Å². The molecule has 0 aliphatic carbocycles. The van der Waals surface area contributed by atoms with E-state index < -0.39 is 0 Å². The van der Waals surface area contributed by atoms with E-state index >= 15 is 0 Å². The molecule has 27 heavy (non-hydrogen) atoms. The molecule has 6 heteroatoms. The summed E-state index contributed by atoms with van der Waals surface area (Å²) in [6, 6.07) is 21.6. The molecule has 0 radical (unpaired) electrons. The lowest BCUT2D eigenvalue weighted by atomic mass is 10.2. The highest BCUT2D eigenvalue weighted by molar-refractivity contribution is 6.31. The van der Waals surface area contributed by atoms with Crippen LogP contribution in [0.25, 0.3) is 0 Å². The quantitative estimate of drug-likeness (QED) is 0.450. The maximum Gasteiger partial charge on any atom is 0.271 e. The van der Waals surface area contributed by atoms with Gasteiger partial charge in [0.2, 0.25) is 0 Å². The van der Waals surface area contributed by atoms with Crippen LogP contribution in [0.3, 0.4) is 0 Å². The number of halogens is 2. The molecule has 0 fully saturated rings. The van der Waals surface area contributed by atoms with Crippen molar-refractivity contribution >= 4 is 35.3 Å². The van der Waals surface area contributed by atoms with E-state index in [4.69, 9.17) is 27.9 Å². The zero-order valence-corrected chi connectivity index (χ0v) is 15.7. The third-order valence-electron chi connectivity index (χ3n) is 3.70. The molecule has 0 heterocycles. The summed E-state index contributed by atoms with van der Waals surface area (Å²) in [6.07, 6.45) is 1.56. The Morgan fingerprint density at radius 3 is 2.52 bits per heavy atom. The van der Waals surface area contributed by atoms with E-state index in [-0.39, 0.29) is 5.91 Å². The van der Waals surface area contributed by atoms with Gasteiger partial charge >= 0.3 is 0 Å². The smallest absolute Gasteiger partial charge is 0.271 e. The van der Waals surface area contributed by atoms with E-state index in [2.05, 4.69) is 10.5 Å². The zero-order chi connectivity index (χ0) is 19.1. The first-order chi connectivity index (χ1) is 13.1. The fourth-order valence-electron chi connectivity index (χ4n) is 2.29. The van der Waals surface area contributed by atoms with Crippen LogP contribution in [0.5, 0.6) is 5.75 Å². The van der Waals surface area contributed by atoms with E-state index in [1.54, 1.807) is 30.5 Å². The Kier molecular flexibility index (Phi) is 6.47. The summed E-state index contributed by atoms with van der Waals surface area (Å²) < 4.78 is 5.73. The molecule has 0 saturated carbocycles. The number of hydrogen-bond donors (Lipinski definition) is 1. The van der Waals surface area contributed by atoms with Crippen molar-refractivity contribution in [2.24, 2.45) is 5.10 Å². The van der Waals surface area contributed by atoms with Crippen molar-refractivity contribution < 1.29 is 9.53 Å². The van der Waals surface area contributed by atoms with Gasteiger partial charge in [-0.15, -0.1) is 0 Å². The second-order valence-electron chi connectivity index (χ2n) is 5.66. The summed E-state index contributed by atoms with van der Waals surface area (Å²) >= 11 is 12.0. The van der Waals surface area contributed by atoms with Crippen molar-refractivity contribution in [1.82, 2.24) is 5.43 Å². The molecule has 3 rings (SSSR count). The van der Waals surface area contributed by atoms with Crippen LogP contribution in [0.1, 0.15) is 21.5 Å². The van der Waals surface area contributed by atoms with Crippen molar-refractivity contribution in [3.8, 4) is 5.75 Å². The predicted molar refractivity (Wildman–Crippen MR) is 109 cm³/mol. The average Bonchev–Trinajstić information content (AvgIpc) is 2.68. The number of hydrazone groups is 1. The van der Waals surface area contributed by atoms with Crippen LogP contribution in [0.4, 0.5) is 0 Å². The number of rotatable bonds is 6. The molecule has 0 saturated heterocycles. The van der Waals surface area contributed by atoms with E-state index in [0.717, 1.165) is 16.9 Å². The molecular weight excluding hydrogens is 383 g/mol. The van der Waals surface area contributed by atoms with Crippen LogP contribution in [-0.4, -0.2) is 12.1 Å². The van der Waals surface area contributed by atoms with Crippen LogP contribution >= 0.6 is 23.2 Å². The highest BCUT2D eigenvalue weighted by Gasteiger charge is 2.04. The van der Waals surface area contributed by atoms with Gasteiger partial charge in [-0.25, -0.2) is 5.43 Å². The van der Waals surface area contributed by atoms with Crippen LogP contribution in [0, 0.1) is 0 Å². The van der Waals surface area contributed by atoms with Gasteiger partial charge in [0.25, 0.3) is 5.91 Å². The van der Waals surface area contributed by atoms with Gasteiger partial charge in [0, 0.05) is 21.2 Å². The molecule has 0 aromatic heterocycles. The largest absolute Gasteiger partial charge is 0.489 e. The molecule has 3 aromatic rings. The molecule has 0 atom stereocenters. The van der Waals surface area contributed by atoms with E-state index in [0.29, 0.717) is 22.2 Å². The number of amides is 1. The van der Waals surface area contributed by atoms with Gasteiger partial charge in [-0.2, -0.15) is 5.10 Å². The molecule has 0 unspecified atom stereocenters. The van der Waals surface area contributed by atoms with Crippen molar-refractivity contribution in [3.63, 3.8) is 0 Å². The summed E-state index contributed by atoms with van der Waals surface area (Å²) in [5.41, 5.74) is 4.67. The van der Waals surface area contributed by atoms with Crippen molar-refractivity contribution in [2.45, 2.75) is 6.61 Å². The normalized spacial score (nSPS) is 10.7. The van der Waals surface area contributed by atoms with Gasteiger partial charge in [0.05, 0.1) is 6.21 Å². The summed E-state index contributed by atoms with van der Waals surface area (Å²) in [5, 5.41) is 5.13. The van der Waals surface area contributed by atoms with Gasteiger partial charge in [-0.05, 0) is 54.1 Å². The average molecular weight is 399 g/mol. The minimum Gasteiger partial charge on any atom is -0.489 e. The third-order valence-corrected chi connectivity index (χ3v) is 4.30. The number of carbonyl (C=O) groups excluding carboxylic acids is 1. The Bertz CT molecular complexity index is 956.